The number of phosphoric ester groups is 1. The number of aliphatic hydroxyl groups excluding tert-OH is 1. The quantitative estimate of drug-likeness (QED) is 0.0200. The highest BCUT2D eigenvalue weighted by molar-refractivity contribution is 7.47. The number of nitrogens with one attached hydrogen (secondary N) is 1. The number of esters is 1. The van der Waals surface area contributed by atoms with E-state index in [2.05, 4.69) is 31.3 Å². The molecule has 0 aliphatic heterocycles. The van der Waals surface area contributed by atoms with E-state index in [1.165, 1.54) is 148 Å². The van der Waals surface area contributed by atoms with Gasteiger partial charge in [0.25, 0.3) is 0 Å². The van der Waals surface area contributed by atoms with E-state index in [0.29, 0.717) is 12.8 Å². The topological polar surface area (TPSA) is 169 Å². The van der Waals surface area contributed by atoms with Gasteiger partial charge < -0.3 is 25.2 Å². The second kappa shape index (κ2) is 43.9. The first-order valence-corrected chi connectivity index (χ1v) is 26.2. The smallest absolute Gasteiger partial charge is 0.472 e. The van der Waals surface area contributed by atoms with Gasteiger partial charge in [0, 0.05) is 12.8 Å². The molecule has 1 amide bonds. The number of carboxylic acids is 1. The van der Waals surface area contributed by atoms with Crippen LogP contribution in [0.2, 0.25) is 0 Å². The summed E-state index contributed by atoms with van der Waals surface area (Å²) >= 11 is 0. The van der Waals surface area contributed by atoms with E-state index in [0.717, 1.165) is 57.8 Å². The Labute approximate surface area is 367 Å². The Bertz CT molecular complexity index is 1070. The molecule has 3 atom stereocenters. The third kappa shape index (κ3) is 42.9. The highest BCUT2D eigenvalue weighted by Gasteiger charge is 2.28. The lowest BCUT2D eigenvalue weighted by Crippen LogP contribution is -2.43. The molecule has 0 bridgehead atoms. The number of hydrogen-bond acceptors (Lipinski definition) is 8. The van der Waals surface area contributed by atoms with E-state index < -0.39 is 57.6 Å². The number of carbonyl (C=O) groups excluding carboxylic acids is 2. The van der Waals surface area contributed by atoms with Crippen LogP contribution in [0.1, 0.15) is 245 Å². The summed E-state index contributed by atoms with van der Waals surface area (Å²) in [5, 5.41) is 21.9. The van der Waals surface area contributed by atoms with Crippen LogP contribution in [0.3, 0.4) is 0 Å². The van der Waals surface area contributed by atoms with Crippen molar-refractivity contribution in [1.82, 2.24) is 5.32 Å². The van der Waals surface area contributed by atoms with Crippen LogP contribution in [0, 0.1) is 0 Å². The first kappa shape index (κ1) is 58.2. The van der Waals surface area contributed by atoms with Crippen molar-refractivity contribution in [2.75, 3.05) is 19.8 Å². The van der Waals surface area contributed by atoms with Gasteiger partial charge in [-0.1, -0.05) is 206 Å². The number of allylic oxidation sites excluding steroid dienone is 2. The zero-order chi connectivity index (χ0) is 44.2. The molecule has 12 heteroatoms. The van der Waals surface area contributed by atoms with Crippen molar-refractivity contribution in [3.63, 3.8) is 0 Å². The summed E-state index contributed by atoms with van der Waals surface area (Å²) in [6, 6.07) is -1.54. The molecular formula is C48H92NO10P. The molecule has 11 nitrogen and oxygen atoms in total. The minimum absolute atomic E-state index is 0.151. The summed E-state index contributed by atoms with van der Waals surface area (Å²) in [6.45, 7) is 2.61. The third-order valence-corrected chi connectivity index (χ3v) is 12.0. The van der Waals surface area contributed by atoms with Crippen LogP contribution in [-0.2, 0) is 32.7 Å². The lowest BCUT2D eigenvalue weighted by molar-refractivity contribution is -0.147. The van der Waals surface area contributed by atoms with Crippen LogP contribution in [0.25, 0.3) is 0 Å². The molecule has 0 aliphatic rings. The van der Waals surface area contributed by atoms with Crippen LogP contribution in [0.4, 0.5) is 0 Å². The van der Waals surface area contributed by atoms with Crippen LogP contribution < -0.4 is 5.32 Å². The van der Waals surface area contributed by atoms with Gasteiger partial charge in [0.2, 0.25) is 5.91 Å². The fraction of sp³-hybridized carbons (Fsp3) is 0.896. The molecule has 0 aromatic heterocycles. The lowest BCUT2D eigenvalue weighted by atomic mass is 10.0. The van der Waals surface area contributed by atoms with E-state index in [4.69, 9.17) is 13.8 Å². The lowest BCUT2D eigenvalue weighted by Gasteiger charge is -2.18. The van der Waals surface area contributed by atoms with Gasteiger partial charge in [-0.2, -0.15) is 0 Å². The normalized spacial score (nSPS) is 13.7. The maximum Gasteiger partial charge on any atom is 0.472 e. The maximum atomic E-state index is 12.4. The molecule has 3 unspecified atom stereocenters. The molecule has 0 fully saturated rings. The molecule has 354 valence electrons. The van der Waals surface area contributed by atoms with Crippen LogP contribution in [0.5, 0.6) is 0 Å². The summed E-state index contributed by atoms with van der Waals surface area (Å²) in [5.41, 5.74) is 0. The Morgan fingerprint density at radius 3 is 1.27 bits per heavy atom. The van der Waals surface area contributed by atoms with Crippen molar-refractivity contribution < 1.29 is 47.8 Å². The fourth-order valence-electron chi connectivity index (χ4n) is 7.19. The summed E-state index contributed by atoms with van der Waals surface area (Å²) in [7, 11) is -4.76. The van der Waals surface area contributed by atoms with Crippen molar-refractivity contribution in [3.05, 3.63) is 12.2 Å². The van der Waals surface area contributed by atoms with Gasteiger partial charge in [-0.25, -0.2) is 9.36 Å². The van der Waals surface area contributed by atoms with Crippen molar-refractivity contribution >= 4 is 25.7 Å². The number of rotatable bonds is 47. The second-order valence-electron chi connectivity index (χ2n) is 17.0. The molecule has 0 aromatic rings. The molecule has 0 spiro atoms. The average molecular weight is 874 g/mol. The van der Waals surface area contributed by atoms with E-state index in [1.54, 1.807) is 0 Å². The summed E-state index contributed by atoms with van der Waals surface area (Å²) < 4.78 is 26.9. The zero-order valence-electron chi connectivity index (χ0n) is 38.5. The Balaban J connectivity index is 3.81. The van der Waals surface area contributed by atoms with Crippen molar-refractivity contribution in [2.45, 2.75) is 257 Å². The molecule has 0 saturated carbocycles. The van der Waals surface area contributed by atoms with Gasteiger partial charge in [0.15, 0.2) is 6.04 Å². The number of carbonyl (C=O) groups is 3. The predicted molar refractivity (Wildman–Crippen MR) is 245 cm³/mol. The highest BCUT2D eigenvalue weighted by Crippen LogP contribution is 2.43. The van der Waals surface area contributed by atoms with Gasteiger partial charge in [-0.3, -0.25) is 18.6 Å². The van der Waals surface area contributed by atoms with Gasteiger partial charge >= 0.3 is 19.8 Å². The number of carboxylic acid groups (broad SMARTS) is 1. The first-order chi connectivity index (χ1) is 29.1. The summed E-state index contributed by atoms with van der Waals surface area (Å²) in [6.07, 6.45) is 45.2. The van der Waals surface area contributed by atoms with E-state index in [1.807, 2.05) is 0 Å². The predicted octanol–water partition coefficient (Wildman–Crippen LogP) is 13.2. The molecule has 4 N–H and O–H groups in total. The van der Waals surface area contributed by atoms with Crippen molar-refractivity contribution in [2.24, 2.45) is 0 Å². The number of aliphatic carboxylic acids is 1. The van der Waals surface area contributed by atoms with Gasteiger partial charge in [0.05, 0.1) is 13.2 Å². The molecule has 0 aliphatic carbocycles. The summed E-state index contributed by atoms with van der Waals surface area (Å²) in [4.78, 5) is 46.0. The Morgan fingerprint density at radius 2 is 0.867 bits per heavy atom. The minimum Gasteiger partial charge on any atom is -0.480 e. The van der Waals surface area contributed by atoms with E-state index >= 15 is 0 Å². The van der Waals surface area contributed by atoms with Crippen molar-refractivity contribution in [3.8, 4) is 0 Å². The Kier molecular flexibility index (Phi) is 42.6. The Morgan fingerprint density at radius 1 is 0.517 bits per heavy atom. The standard InChI is InChI=1S/C48H92NO10P/c1-3-5-7-9-11-13-15-17-19-20-21-22-23-24-25-26-27-29-31-33-35-37-39-46(51)49-45(48(53)54)43-59-60(55,56)58-42-44(50)41-57-47(52)40-38-36-34-32-30-28-18-16-14-12-10-8-6-4-2/h16,18,44-45,50H,3-15,17,19-43H2,1-2H3,(H,49,51)(H,53,54)(H,55,56)/b18-16-. The fourth-order valence-corrected chi connectivity index (χ4v) is 7.97. The van der Waals surface area contributed by atoms with Gasteiger partial charge in [-0.05, 0) is 38.5 Å². The minimum atomic E-state index is -4.76. The number of hydrogen-bond donors (Lipinski definition) is 4. The molecule has 0 aromatic carbocycles. The van der Waals surface area contributed by atoms with E-state index in [-0.39, 0.29) is 12.8 Å². The number of phosphoric acid groups is 1. The molecule has 60 heavy (non-hydrogen) atoms. The first-order valence-electron chi connectivity index (χ1n) is 24.7. The number of aliphatic hydroxyl groups is 1. The Hall–Kier alpha value is -1.78. The average Bonchev–Trinajstić information content (AvgIpc) is 3.22. The zero-order valence-corrected chi connectivity index (χ0v) is 39.4. The van der Waals surface area contributed by atoms with Gasteiger partial charge in [0.1, 0.15) is 12.7 Å². The molecule has 0 rings (SSSR count). The number of ether oxygens (including phenoxy) is 1. The third-order valence-electron chi connectivity index (χ3n) is 11.1. The van der Waals surface area contributed by atoms with Crippen LogP contribution in [-0.4, -0.2) is 64.9 Å². The van der Waals surface area contributed by atoms with Gasteiger partial charge in [-0.15, -0.1) is 0 Å². The van der Waals surface area contributed by atoms with Crippen LogP contribution in [0.15, 0.2) is 12.2 Å². The van der Waals surface area contributed by atoms with Crippen molar-refractivity contribution in [1.29, 1.82) is 0 Å². The second-order valence-corrected chi connectivity index (χ2v) is 18.5. The summed E-state index contributed by atoms with van der Waals surface area (Å²) in [5.74, 6) is -2.36. The SMILES string of the molecule is CCCCCCC/C=C\CCCCCCCC(=O)OCC(O)COP(=O)(O)OCC(NC(=O)CCCCCCCCCCCCCCCCCCCCCCCC)C(=O)O. The monoisotopic (exact) mass is 874 g/mol. The molecule has 0 heterocycles. The van der Waals surface area contributed by atoms with Crippen LogP contribution >= 0.6 is 7.82 Å². The molecule has 0 radical (unpaired) electrons. The molecular weight excluding hydrogens is 781 g/mol. The largest absolute Gasteiger partial charge is 0.480 e. The number of unbranched alkanes of at least 4 members (excludes halogenated alkanes) is 31. The highest BCUT2D eigenvalue weighted by atomic mass is 31.2. The van der Waals surface area contributed by atoms with E-state index in [9.17, 15) is 34.1 Å². The maximum absolute atomic E-state index is 12.4. The number of amides is 1. The molecule has 0 saturated heterocycles.